The fraction of sp³-hybridized carbons (Fsp3) is 0.500. The van der Waals surface area contributed by atoms with E-state index in [-0.39, 0.29) is 5.56 Å². The van der Waals surface area contributed by atoms with Crippen LogP contribution < -0.4 is 5.73 Å². The summed E-state index contributed by atoms with van der Waals surface area (Å²) in [6, 6.07) is 3.72. The highest BCUT2D eigenvalue weighted by Crippen LogP contribution is 2.24. The van der Waals surface area contributed by atoms with Crippen LogP contribution in [0.1, 0.15) is 38.3 Å². The minimum Gasteiger partial charge on any atom is -0.324 e. The van der Waals surface area contributed by atoms with E-state index in [9.17, 15) is 8.78 Å². The van der Waals surface area contributed by atoms with Gasteiger partial charge in [-0.2, -0.15) is 0 Å². The number of halogens is 2. The molecule has 84 valence electrons. The molecule has 0 aliphatic rings. The fourth-order valence-electron chi connectivity index (χ4n) is 1.53. The van der Waals surface area contributed by atoms with Crippen LogP contribution in [0.25, 0.3) is 0 Å². The predicted molar refractivity (Wildman–Crippen MR) is 57.4 cm³/mol. The van der Waals surface area contributed by atoms with E-state index in [2.05, 4.69) is 13.8 Å². The third-order valence-corrected chi connectivity index (χ3v) is 2.73. The lowest BCUT2D eigenvalue weighted by Gasteiger charge is -2.16. The van der Waals surface area contributed by atoms with Gasteiger partial charge in [0.05, 0.1) is 0 Å². The minimum atomic E-state index is -0.827. The first-order valence-electron chi connectivity index (χ1n) is 5.25. The van der Waals surface area contributed by atoms with Crippen molar-refractivity contribution in [3.8, 4) is 0 Å². The third kappa shape index (κ3) is 2.99. The molecule has 0 spiro atoms. The summed E-state index contributed by atoms with van der Waals surface area (Å²) in [6.07, 6.45) is 1.67. The summed E-state index contributed by atoms with van der Waals surface area (Å²) in [5.74, 6) is -1.22. The van der Waals surface area contributed by atoms with E-state index in [4.69, 9.17) is 5.73 Å². The van der Waals surface area contributed by atoms with Crippen molar-refractivity contribution in [1.82, 2.24) is 0 Å². The van der Waals surface area contributed by atoms with Crippen molar-refractivity contribution in [2.75, 3.05) is 0 Å². The highest BCUT2D eigenvalue weighted by Gasteiger charge is 2.16. The van der Waals surface area contributed by atoms with Crippen LogP contribution in [0.2, 0.25) is 0 Å². The minimum absolute atomic E-state index is 0.273. The molecule has 2 N–H and O–H groups in total. The standard InChI is InChI=1S/C12H17F2N/c1-3-8(2)7-11(15)9-5-4-6-10(13)12(9)14/h4-6,8,11H,3,7,15H2,1-2H3. The first-order valence-corrected chi connectivity index (χ1v) is 5.25. The highest BCUT2D eigenvalue weighted by atomic mass is 19.2. The molecule has 2 unspecified atom stereocenters. The van der Waals surface area contributed by atoms with Crippen LogP contribution in [0.4, 0.5) is 8.78 Å². The van der Waals surface area contributed by atoms with Crippen LogP contribution in [0.15, 0.2) is 18.2 Å². The monoisotopic (exact) mass is 213 g/mol. The number of nitrogens with two attached hydrogens (primary N) is 1. The van der Waals surface area contributed by atoms with Gasteiger partial charge in [-0.15, -0.1) is 0 Å². The van der Waals surface area contributed by atoms with Gasteiger partial charge in [-0.3, -0.25) is 0 Å². The topological polar surface area (TPSA) is 26.0 Å². The Kier molecular flexibility index (Phi) is 4.21. The lowest BCUT2D eigenvalue weighted by Crippen LogP contribution is -2.16. The van der Waals surface area contributed by atoms with Crippen molar-refractivity contribution in [2.45, 2.75) is 32.7 Å². The molecule has 1 aromatic rings. The van der Waals surface area contributed by atoms with Gasteiger partial charge in [-0.1, -0.05) is 32.4 Å². The van der Waals surface area contributed by atoms with E-state index < -0.39 is 17.7 Å². The zero-order valence-electron chi connectivity index (χ0n) is 9.13. The van der Waals surface area contributed by atoms with Gasteiger partial charge in [-0.25, -0.2) is 8.78 Å². The molecule has 0 aliphatic heterocycles. The quantitative estimate of drug-likeness (QED) is 0.815. The second-order valence-electron chi connectivity index (χ2n) is 4.00. The van der Waals surface area contributed by atoms with Crippen molar-refractivity contribution in [3.63, 3.8) is 0 Å². The second kappa shape index (κ2) is 5.21. The van der Waals surface area contributed by atoms with E-state index in [0.29, 0.717) is 12.3 Å². The third-order valence-electron chi connectivity index (χ3n) is 2.73. The SMILES string of the molecule is CCC(C)CC(N)c1cccc(F)c1F. The lowest BCUT2D eigenvalue weighted by atomic mass is 9.94. The van der Waals surface area contributed by atoms with Gasteiger partial charge in [0.25, 0.3) is 0 Å². The number of rotatable bonds is 4. The van der Waals surface area contributed by atoms with Crippen molar-refractivity contribution < 1.29 is 8.78 Å². The molecule has 0 aliphatic carbocycles. The fourth-order valence-corrected chi connectivity index (χ4v) is 1.53. The zero-order chi connectivity index (χ0) is 11.4. The average Bonchev–Trinajstić information content (AvgIpc) is 2.21. The summed E-state index contributed by atoms with van der Waals surface area (Å²) in [4.78, 5) is 0. The molecule has 0 fully saturated rings. The largest absolute Gasteiger partial charge is 0.324 e. The Bertz CT molecular complexity index is 325. The highest BCUT2D eigenvalue weighted by molar-refractivity contribution is 5.22. The van der Waals surface area contributed by atoms with E-state index >= 15 is 0 Å². The molecular weight excluding hydrogens is 196 g/mol. The molecule has 0 bridgehead atoms. The lowest BCUT2D eigenvalue weighted by molar-refractivity contribution is 0.435. The first-order chi connectivity index (χ1) is 7.06. The van der Waals surface area contributed by atoms with Crippen LogP contribution in [-0.2, 0) is 0 Å². The maximum absolute atomic E-state index is 13.4. The molecule has 3 heteroatoms. The Hall–Kier alpha value is -0.960. The van der Waals surface area contributed by atoms with Gasteiger partial charge >= 0.3 is 0 Å². The molecule has 0 amide bonds. The number of benzene rings is 1. The molecule has 0 heterocycles. The average molecular weight is 213 g/mol. The summed E-state index contributed by atoms with van der Waals surface area (Å²) in [5, 5.41) is 0. The Morgan fingerprint density at radius 1 is 1.33 bits per heavy atom. The maximum Gasteiger partial charge on any atom is 0.163 e. The summed E-state index contributed by atoms with van der Waals surface area (Å²) in [6.45, 7) is 4.11. The molecule has 1 aromatic carbocycles. The van der Waals surface area contributed by atoms with Crippen LogP contribution in [0.3, 0.4) is 0 Å². The van der Waals surface area contributed by atoms with Gasteiger partial charge in [0, 0.05) is 11.6 Å². The summed E-state index contributed by atoms with van der Waals surface area (Å²) >= 11 is 0. The summed E-state index contributed by atoms with van der Waals surface area (Å²) in [7, 11) is 0. The Labute approximate surface area is 89.3 Å². The van der Waals surface area contributed by atoms with Gasteiger partial charge < -0.3 is 5.73 Å². The predicted octanol–water partition coefficient (Wildman–Crippen LogP) is 3.40. The molecule has 0 saturated heterocycles. The molecule has 2 atom stereocenters. The van der Waals surface area contributed by atoms with Crippen molar-refractivity contribution >= 4 is 0 Å². The van der Waals surface area contributed by atoms with E-state index in [1.807, 2.05) is 0 Å². The molecule has 15 heavy (non-hydrogen) atoms. The van der Waals surface area contributed by atoms with Crippen LogP contribution in [0.5, 0.6) is 0 Å². The molecule has 1 nitrogen and oxygen atoms in total. The van der Waals surface area contributed by atoms with Gasteiger partial charge in [0.2, 0.25) is 0 Å². The zero-order valence-corrected chi connectivity index (χ0v) is 9.13. The number of hydrogen-bond acceptors (Lipinski definition) is 1. The summed E-state index contributed by atoms with van der Waals surface area (Å²) < 4.78 is 26.3. The molecule has 0 radical (unpaired) electrons. The van der Waals surface area contributed by atoms with E-state index in [1.165, 1.54) is 6.07 Å². The molecule has 0 saturated carbocycles. The molecule has 0 aromatic heterocycles. The Balaban J connectivity index is 2.82. The van der Waals surface area contributed by atoms with Crippen LogP contribution in [-0.4, -0.2) is 0 Å². The van der Waals surface area contributed by atoms with E-state index in [0.717, 1.165) is 12.5 Å². The van der Waals surface area contributed by atoms with Crippen molar-refractivity contribution in [2.24, 2.45) is 11.7 Å². The smallest absolute Gasteiger partial charge is 0.163 e. The van der Waals surface area contributed by atoms with Gasteiger partial charge in [-0.05, 0) is 18.4 Å². The Morgan fingerprint density at radius 3 is 2.60 bits per heavy atom. The van der Waals surface area contributed by atoms with Crippen molar-refractivity contribution in [3.05, 3.63) is 35.4 Å². The van der Waals surface area contributed by atoms with Crippen LogP contribution in [0, 0.1) is 17.6 Å². The van der Waals surface area contributed by atoms with Crippen molar-refractivity contribution in [1.29, 1.82) is 0 Å². The van der Waals surface area contributed by atoms with Gasteiger partial charge in [0.1, 0.15) is 0 Å². The maximum atomic E-state index is 13.4. The Morgan fingerprint density at radius 2 is 2.00 bits per heavy atom. The molecular formula is C12H17F2N. The van der Waals surface area contributed by atoms with E-state index in [1.54, 1.807) is 6.07 Å². The second-order valence-corrected chi connectivity index (χ2v) is 4.00. The van der Waals surface area contributed by atoms with Gasteiger partial charge in [0.15, 0.2) is 11.6 Å². The molecule has 1 rings (SSSR count). The first kappa shape index (κ1) is 12.1. The van der Waals surface area contributed by atoms with Crippen LogP contribution >= 0.6 is 0 Å². The normalized spacial score (nSPS) is 15.0. The number of hydrogen-bond donors (Lipinski definition) is 1. The summed E-state index contributed by atoms with van der Waals surface area (Å²) in [5.41, 5.74) is 6.11.